The molecule has 0 spiro atoms. The number of aryl methyl sites for hydroxylation is 1. The van der Waals surface area contributed by atoms with E-state index in [1.165, 1.54) is 11.3 Å². The maximum absolute atomic E-state index is 13.1. The Morgan fingerprint density at radius 2 is 1.88 bits per heavy atom. The Morgan fingerprint density at radius 3 is 2.59 bits per heavy atom. The predicted octanol–water partition coefficient (Wildman–Crippen LogP) is 5.13. The highest BCUT2D eigenvalue weighted by Crippen LogP contribution is 2.32. The molecule has 166 valence electrons. The number of fused-ring (bicyclic) bond motifs is 1. The minimum atomic E-state index is -3.30. The average molecular weight is 469 g/mol. The zero-order valence-corrected chi connectivity index (χ0v) is 19.4. The minimum absolute atomic E-state index is 0.0186. The number of hydrogen-bond donors (Lipinski definition) is 0. The van der Waals surface area contributed by atoms with E-state index in [0.29, 0.717) is 10.9 Å². The van der Waals surface area contributed by atoms with Gasteiger partial charge < -0.3 is 4.42 Å². The van der Waals surface area contributed by atoms with Gasteiger partial charge in [-0.05, 0) is 42.7 Å². The summed E-state index contributed by atoms with van der Waals surface area (Å²) in [4.78, 5) is 19.4. The van der Waals surface area contributed by atoms with Gasteiger partial charge >= 0.3 is 0 Å². The van der Waals surface area contributed by atoms with Gasteiger partial charge in [-0.25, -0.2) is 13.4 Å². The molecule has 0 aliphatic rings. The number of carbonyl (C=O) groups excluding carboxylic acids is 1. The van der Waals surface area contributed by atoms with Crippen LogP contribution in [0.2, 0.25) is 0 Å². The fourth-order valence-electron chi connectivity index (χ4n) is 3.49. The topological polar surface area (TPSA) is 80.5 Å². The molecule has 32 heavy (non-hydrogen) atoms. The molecule has 0 saturated heterocycles. The monoisotopic (exact) mass is 468 g/mol. The quantitative estimate of drug-likeness (QED) is 0.340. The molecule has 8 heteroatoms. The average Bonchev–Trinajstić information content (AvgIpc) is 3.42. The summed E-state index contributed by atoms with van der Waals surface area (Å²) in [6.07, 6.45) is 1.94. The summed E-state index contributed by atoms with van der Waals surface area (Å²) >= 11 is 1.44. The van der Waals surface area contributed by atoms with Crippen molar-refractivity contribution in [2.75, 3.05) is 10.7 Å². The van der Waals surface area contributed by atoms with Crippen molar-refractivity contribution in [2.45, 2.75) is 32.1 Å². The number of carbonyl (C=O) groups is 1. The van der Waals surface area contributed by atoms with Gasteiger partial charge in [0, 0.05) is 6.42 Å². The second-order valence-electron chi connectivity index (χ2n) is 7.66. The van der Waals surface area contributed by atoms with Gasteiger partial charge in [0.15, 0.2) is 15.0 Å². The lowest BCUT2D eigenvalue weighted by molar-refractivity contribution is -0.118. The third-order valence-electron chi connectivity index (χ3n) is 5.11. The third-order valence-corrected chi connectivity index (χ3v) is 7.84. The van der Waals surface area contributed by atoms with Crippen molar-refractivity contribution >= 4 is 42.4 Å². The van der Waals surface area contributed by atoms with Crippen LogP contribution >= 0.6 is 11.3 Å². The molecule has 0 fully saturated rings. The number of rotatable bonds is 9. The number of anilines is 1. The lowest BCUT2D eigenvalue weighted by atomic mass is 10.2. The molecule has 0 radical (unpaired) electrons. The molecule has 0 aliphatic carbocycles. The van der Waals surface area contributed by atoms with Crippen LogP contribution in [0.3, 0.4) is 0 Å². The zero-order valence-electron chi connectivity index (χ0n) is 17.7. The van der Waals surface area contributed by atoms with Gasteiger partial charge in [-0.15, -0.1) is 0 Å². The van der Waals surface area contributed by atoms with Gasteiger partial charge in [0.2, 0.25) is 5.91 Å². The predicted molar refractivity (Wildman–Crippen MR) is 127 cm³/mol. The number of amides is 1. The normalized spacial score (nSPS) is 11.7. The molecule has 4 rings (SSSR count). The van der Waals surface area contributed by atoms with Crippen LogP contribution in [0.15, 0.2) is 71.3 Å². The number of furan rings is 1. The van der Waals surface area contributed by atoms with Crippen molar-refractivity contribution in [1.82, 2.24) is 4.98 Å². The number of thiazole rings is 1. The SMILES string of the molecule is Cc1cccc2sc(N(Cc3ccco3)C(=O)CCCS(=O)(=O)Cc3ccccc3)nc12. The molecular weight excluding hydrogens is 444 g/mol. The van der Waals surface area contributed by atoms with Crippen molar-refractivity contribution in [1.29, 1.82) is 0 Å². The molecule has 0 N–H and O–H groups in total. The first-order valence-electron chi connectivity index (χ1n) is 10.3. The van der Waals surface area contributed by atoms with E-state index in [2.05, 4.69) is 0 Å². The van der Waals surface area contributed by atoms with Gasteiger partial charge in [-0.2, -0.15) is 0 Å². The van der Waals surface area contributed by atoms with Gasteiger partial charge in [0.25, 0.3) is 0 Å². The van der Waals surface area contributed by atoms with Gasteiger partial charge in [-0.1, -0.05) is 53.8 Å². The molecule has 0 aliphatic heterocycles. The second kappa shape index (κ2) is 9.67. The summed E-state index contributed by atoms with van der Waals surface area (Å²) < 4.78 is 31.4. The van der Waals surface area contributed by atoms with Crippen molar-refractivity contribution in [3.8, 4) is 0 Å². The van der Waals surface area contributed by atoms with E-state index < -0.39 is 9.84 Å². The number of hydrogen-bond acceptors (Lipinski definition) is 6. The fraction of sp³-hybridized carbons (Fsp3) is 0.250. The molecule has 2 aromatic heterocycles. The summed E-state index contributed by atoms with van der Waals surface area (Å²) in [6.45, 7) is 2.24. The van der Waals surface area contributed by atoms with Gasteiger partial charge in [-0.3, -0.25) is 9.69 Å². The summed E-state index contributed by atoms with van der Waals surface area (Å²) in [6, 6.07) is 18.6. The van der Waals surface area contributed by atoms with Crippen LogP contribution in [0.25, 0.3) is 10.2 Å². The van der Waals surface area contributed by atoms with Crippen molar-refractivity contribution in [3.05, 3.63) is 83.8 Å². The molecule has 0 atom stereocenters. The van der Waals surface area contributed by atoms with E-state index in [9.17, 15) is 13.2 Å². The van der Waals surface area contributed by atoms with Crippen LogP contribution in [0.5, 0.6) is 0 Å². The first kappa shape index (κ1) is 22.2. The third kappa shape index (κ3) is 5.44. The van der Waals surface area contributed by atoms with Crippen LogP contribution in [0, 0.1) is 6.92 Å². The number of benzene rings is 2. The highest BCUT2D eigenvalue weighted by molar-refractivity contribution is 7.90. The highest BCUT2D eigenvalue weighted by Gasteiger charge is 2.22. The van der Waals surface area contributed by atoms with Crippen LogP contribution in [0.4, 0.5) is 5.13 Å². The van der Waals surface area contributed by atoms with Crippen LogP contribution in [-0.2, 0) is 26.9 Å². The summed E-state index contributed by atoms with van der Waals surface area (Å²) in [5.74, 6) is 0.412. The van der Waals surface area contributed by atoms with E-state index >= 15 is 0 Å². The van der Waals surface area contributed by atoms with Crippen molar-refractivity contribution in [3.63, 3.8) is 0 Å². The Bertz CT molecular complexity index is 1300. The minimum Gasteiger partial charge on any atom is -0.467 e. The molecule has 0 saturated carbocycles. The molecule has 0 bridgehead atoms. The van der Waals surface area contributed by atoms with E-state index in [0.717, 1.165) is 21.3 Å². The number of para-hydroxylation sites is 1. The molecular formula is C24H24N2O4S2. The van der Waals surface area contributed by atoms with Crippen molar-refractivity contribution < 1.29 is 17.6 Å². The standard InChI is InChI=1S/C24H24N2O4S2/c1-18-8-5-12-21-23(18)25-24(31-21)26(16-20-11-6-14-30-20)22(27)13-7-15-32(28,29)17-19-9-3-2-4-10-19/h2-6,8-12,14H,7,13,15-17H2,1H3. The van der Waals surface area contributed by atoms with E-state index in [4.69, 9.17) is 9.40 Å². The number of nitrogens with zero attached hydrogens (tertiary/aromatic N) is 2. The maximum Gasteiger partial charge on any atom is 0.229 e. The van der Waals surface area contributed by atoms with E-state index in [1.54, 1.807) is 29.4 Å². The number of sulfone groups is 1. The molecule has 6 nitrogen and oxygen atoms in total. The van der Waals surface area contributed by atoms with Crippen LogP contribution in [0.1, 0.15) is 29.7 Å². The first-order chi connectivity index (χ1) is 15.4. The first-order valence-corrected chi connectivity index (χ1v) is 13.0. The zero-order chi connectivity index (χ0) is 22.6. The fourth-order valence-corrected chi connectivity index (χ4v) is 5.98. The lowest BCUT2D eigenvalue weighted by Crippen LogP contribution is -2.30. The molecule has 4 aromatic rings. The summed E-state index contributed by atoms with van der Waals surface area (Å²) in [5.41, 5.74) is 2.67. The molecule has 2 aromatic carbocycles. The summed E-state index contributed by atoms with van der Waals surface area (Å²) in [5, 5.41) is 0.586. The summed E-state index contributed by atoms with van der Waals surface area (Å²) in [7, 11) is -3.30. The maximum atomic E-state index is 13.1. The molecule has 0 unspecified atom stereocenters. The largest absolute Gasteiger partial charge is 0.467 e. The Morgan fingerprint density at radius 1 is 1.06 bits per heavy atom. The lowest BCUT2D eigenvalue weighted by Gasteiger charge is -2.18. The van der Waals surface area contributed by atoms with Crippen molar-refractivity contribution in [2.24, 2.45) is 0 Å². The second-order valence-corrected chi connectivity index (χ2v) is 10.9. The molecule has 2 heterocycles. The van der Waals surface area contributed by atoms with Crippen LogP contribution in [-0.4, -0.2) is 25.1 Å². The van der Waals surface area contributed by atoms with Crippen LogP contribution < -0.4 is 4.90 Å². The van der Waals surface area contributed by atoms with E-state index in [1.807, 2.05) is 49.4 Å². The Kier molecular flexibility index (Phi) is 6.72. The number of aromatic nitrogens is 1. The highest BCUT2D eigenvalue weighted by atomic mass is 32.2. The van der Waals surface area contributed by atoms with Gasteiger partial charge in [0.1, 0.15) is 5.76 Å². The Balaban J connectivity index is 1.47. The molecule has 1 amide bonds. The Labute approximate surface area is 191 Å². The van der Waals surface area contributed by atoms with E-state index in [-0.39, 0.29) is 36.8 Å². The Hall–Kier alpha value is -2.97. The smallest absolute Gasteiger partial charge is 0.229 e. The van der Waals surface area contributed by atoms with Gasteiger partial charge in [0.05, 0.1) is 34.5 Å².